The topological polar surface area (TPSA) is 316 Å². The molecule has 2 atom stereocenters. The third-order valence-electron chi connectivity index (χ3n) is 15.4. The number of carbonyl (C=O) groups excluding carboxylic acids is 7. The Bertz CT molecular complexity index is 3590. The van der Waals surface area contributed by atoms with Crippen LogP contribution in [0.4, 0.5) is 30.6 Å². The number of carbonyl (C=O) groups is 7. The highest BCUT2D eigenvalue weighted by Gasteiger charge is 2.39. The van der Waals surface area contributed by atoms with E-state index in [-0.39, 0.29) is 86.3 Å². The zero-order chi connectivity index (χ0) is 64.9. The molecule has 1 saturated heterocycles. The van der Waals surface area contributed by atoms with Crippen molar-refractivity contribution in [2.45, 2.75) is 102 Å². The standard InChI is InChI=1S/C66H81N11O12S/c1-8-31-76(32-15-30-70-63(82)89-66(4,5)6)61(80)46-33-45-24-23-44(35-56(45)72-57(67)36-46)43-16-13-17-49(34-43)90(85,86)77-38-42(39-77)37-75(7)65(84)88-48-27-25-47(26-28-48)71-59(78)55(22-14-29-69-62(68)81)73-60(79)58(41(2)3)74-64(83)87-40-54-52-20-11-9-18-50(52)51-19-10-12-21-53(51)54/h9-13,16-21,23-28,33-35,41-42,54-55,58H,8,14-15,22,29-32,36-40H2,1-7H3,(H2,67,72)(H,70,82)(H,71,78)(H,73,79)(H,74,83)(H3,68,69,81)/t55-,58-/m0/s1. The van der Waals surface area contributed by atoms with Gasteiger partial charge in [-0.15, -0.1) is 0 Å². The van der Waals surface area contributed by atoms with Crippen molar-refractivity contribution in [2.75, 3.05) is 64.8 Å². The number of amides is 8. The lowest BCUT2D eigenvalue weighted by Crippen LogP contribution is -2.54. The molecular weight excluding hydrogens is 1170 g/mol. The van der Waals surface area contributed by atoms with Crippen LogP contribution in [-0.2, 0) is 33.9 Å². The van der Waals surface area contributed by atoms with Crippen LogP contribution in [0.25, 0.3) is 28.3 Å². The summed E-state index contributed by atoms with van der Waals surface area (Å²) in [6, 6.07) is 31.0. The summed E-state index contributed by atoms with van der Waals surface area (Å²) in [4.78, 5) is 99.6. The van der Waals surface area contributed by atoms with Gasteiger partial charge in [0, 0.05) is 87.9 Å². The SMILES string of the molecule is CCCN(CCCNC(=O)OC(C)(C)C)C(=O)C1=Cc2ccc(-c3cccc(S(=O)(=O)N4CC(CN(C)C(=O)Oc5ccc(NC(=O)[C@H](CCCNC(N)=O)NC(=O)[C@@H](NC(=O)OCC6c7ccccc7-c7ccccc76)C(C)C)cc5)C4)c3)cc2N=C(N)C1. The molecule has 1 fully saturated rings. The van der Waals surface area contributed by atoms with Crippen LogP contribution in [-0.4, -0.2) is 148 Å². The third kappa shape index (κ3) is 17.5. The maximum absolute atomic E-state index is 14.0. The number of nitrogens with two attached hydrogens (primary N) is 2. The molecule has 9 N–H and O–H groups in total. The molecule has 5 aromatic carbocycles. The zero-order valence-corrected chi connectivity index (χ0v) is 52.7. The summed E-state index contributed by atoms with van der Waals surface area (Å²) >= 11 is 0. The van der Waals surface area contributed by atoms with Crippen LogP contribution in [0.2, 0.25) is 0 Å². The number of hydrogen-bond donors (Lipinski definition) is 7. The van der Waals surface area contributed by atoms with Gasteiger partial charge in [0.2, 0.25) is 27.7 Å². The first-order valence-corrected chi connectivity index (χ1v) is 31.6. The fourth-order valence-corrected chi connectivity index (χ4v) is 12.6. The number of anilines is 1. The molecule has 0 unspecified atom stereocenters. The summed E-state index contributed by atoms with van der Waals surface area (Å²) in [5, 5.41) is 13.4. The maximum Gasteiger partial charge on any atom is 0.414 e. The number of primary amides is 1. The molecule has 23 nitrogen and oxygen atoms in total. The summed E-state index contributed by atoms with van der Waals surface area (Å²) in [5.41, 5.74) is 18.5. The Hall–Kier alpha value is -9.29. The zero-order valence-electron chi connectivity index (χ0n) is 51.9. The van der Waals surface area contributed by atoms with Gasteiger partial charge in [0.25, 0.3) is 0 Å². The van der Waals surface area contributed by atoms with Crippen molar-refractivity contribution in [3.63, 3.8) is 0 Å². The van der Waals surface area contributed by atoms with Crippen molar-refractivity contribution in [1.82, 2.24) is 35.4 Å². The third-order valence-corrected chi connectivity index (χ3v) is 17.2. The van der Waals surface area contributed by atoms with Crippen LogP contribution >= 0.6 is 0 Å². The van der Waals surface area contributed by atoms with E-state index in [1.165, 1.54) is 39.5 Å². The monoisotopic (exact) mass is 1250 g/mol. The lowest BCUT2D eigenvalue weighted by Gasteiger charge is -2.39. The van der Waals surface area contributed by atoms with Crippen molar-refractivity contribution in [3.05, 3.63) is 138 Å². The first-order valence-electron chi connectivity index (χ1n) is 30.2. The first-order chi connectivity index (χ1) is 42.9. The largest absolute Gasteiger partial charge is 0.449 e. The van der Waals surface area contributed by atoms with Gasteiger partial charge in [-0.05, 0) is 134 Å². The molecule has 3 aliphatic rings. The van der Waals surface area contributed by atoms with Gasteiger partial charge < -0.3 is 62.1 Å². The van der Waals surface area contributed by atoms with Gasteiger partial charge in [-0.1, -0.05) is 93.6 Å². The minimum Gasteiger partial charge on any atom is -0.449 e. The molecule has 24 heteroatoms. The van der Waals surface area contributed by atoms with E-state index in [0.717, 1.165) is 28.7 Å². The Labute approximate surface area is 525 Å². The van der Waals surface area contributed by atoms with Gasteiger partial charge >= 0.3 is 24.3 Å². The Morgan fingerprint density at radius 1 is 0.778 bits per heavy atom. The molecule has 0 radical (unpaired) electrons. The average molecular weight is 1250 g/mol. The highest BCUT2D eigenvalue weighted by Crippen LogP contribution is 2.44. The fraction of sp³-hybridized carbons (Fsp3) is 0.394. The van der Waals surface area contributed by atoms with Crippen LogP contribution in [0.15, 0.2) is 131 Å². The lowest BCUT2D eigenvalue weighted by molar-refractivity contribution is -0.128. The quantitative estimate of drug-likeness (QED) is 0.0270. The van der Waals surface area contributed by atoms with Crippen molar-refractivity contribution in [1.29, 1.82) is 0 Å². The second kappa shape index (κ2) is 29.8. The van der Waals surface area contributed by atoms with Crippen LogP contribution < -0.4 is 42.8 Å². The maximum atomic E-state index is 14.0. The molecule has 8 amide bonds. The van der Waals surface area contributed by atoms with Crippen LogP contribution in [0.5, 0.6) is 5.75 Å². The van der Waals surface area contributed by atoms with Gasteiger partial charge in [-0.2, -0.15) is 4.31 Å². The van der Waals surface area contributed by atoms with E-state index in [0.29, 0.717) is 59.7 Å². The van der Waals surface area contributed by atoms with Gasteiger partial charge in [-0.25, -0.2) is 32.6 Å². The van der Waals surface area contributed by atoms with E-state index in [2.05, 4.69) is 31.6 Å². The predicted octanol–water partition coefficient (Wildman–Crippen LogP) is 8.47. The van der Waals surface area contributed by atoms with E-state index in [1.54, 1.807) is 70.8 Å². The second-order valence-corrected chi connectivity index (χ2v) is 25.9. The fourth-order valence-electron chi connectivity index (χ4n) is 10.9. The van der Waals surface area contributed by atoms with Crippen molar-refractivity contribution in [3.8, 4) is 28.0 Å². The van der Waals surface area contributed by atoms with E-state index in [9.17, 15) is 42.0 Å². The molecule has 5 aromatic rings. The normalized spacial score (nSPS) is 14.5. The Morgan fingerprint density at radius 3 is 2.10 bits per heavy atom. The van der Waals surface area contributed by atoms with Crippen LogP contribution in [0, 0.1) is 11.8 Å². The number of benzene rings is 5. The molecule has 1 aliphatic carbocycles. The van der Waals surface area contributed by atoms with E-state index in [4.69, 9.17) is 25.7 Å². The Morgan fingerprint density at radius 2 is 1.44 bits per heavy atom. The minimum atomic E-state index is -3.93. The van der Waals surface area contributed by atoms with Crippen LogP contribution in [0.3, 0.4) is 0 Å². The number of urea groups is 1. The van der Waals surface area contributed by atoms with Crippen molar-refractivity contribution < 1.29 is 56.2 Å². The first kappa shape index (κ1) is 66.7. The van der Waals surface area contributed by atoms with Gasteiger partial charge in [0.15, 0.2) is 0 Å². The molecule has 478 valence electrons. The van der Waals surface area contributed by atoms with E-state index < -0.39 is 69.8 Å². The number of rotatable bonds is 25. The van der Waals surface area contributed by atoms with Gasteiger partial charge in [0.1, 0.15) is 35.9 Å². The summed E-state index contributed by atoms with van der Waals surface area (Å²) in [6.45, 7) is 12.8. The van der Waals surface area contributed by atoms with E-state index in [1.807, 2.05) is 73.7 Å². The predicted molar refractivity (Wildman–Crippen MR) is 343 cm³/mol. The molecule has 90 heavy (non-hydrogen) atoms. The molecule has 2 aliphatic heterocycles. The average Bonchev–Trinajstić information content (AvgIpc) is 1.26. The minimum absolute atomic E-state index is 0.0376. The summed E-state index contributed by atoms with van der Waals surface area (Å²) < 4.78 is 46.0. The highest BCUT2D eigenvalue weighted by molar-refractivity contribution is 7.89. The Kier molecular flexibility index (Phi) is 22.1. The number of amidine groups is 1. The van der Waals surface area contributed by atoms with Gasteiger partial charge in [-0.3, -0.25) is 14.4 Å². The number of nitrogens with one attached hydrogen (secondary N) is 5. The molecular formula is C66H81N11O12S. The molecule has 2 heterocycles. The number of fused-ring (bicyclic) bond motifs is 4. The molecule has 0 saturated carbocycles. The second-order valence-electron chi connectivity index (χ2n) is 24.0. The number of aliphatic imine (C=N–C) groups is 1. The molecule has 0 aromatic heterocycles. The number of alkyl carbamates (subject to hydrolysis) is 2. The Balaban J connectivity index is 0.812. The lowest BCUT2D eigenvalue weighted by atomic mass is 9.98. The molecule has 8 rings (SSSR count). The van der Waals surface area contributed by atoms with Crippen molar-refractivity contribution in [2.24, 2.45) is 28.3 Å². The molecule has 0 bridgehead atoms. The number of nitrogens with zero attached hydrogens (tertiary/aromatic N) is 4. The summed E-state index contributed by atoms with van der Waals surface area (Å²) in [7, 11) is -2.39. The highest BCUT2D eigenvalue weighted by atomic mass is 32.2. The molecule has 0 spiro atoms. The summed E-state index contributed by atoms with van der Waals surface area (Å²) in [6.07, 6.45) is 1.51. The van der Waals surface area contributed by atoms with Gasteiger partial charge in [0.05, 0.1) is 10.6 Å². The number of ether oxygens (including phenoxy) is 3. The summed E-state index contributed by atoms with van der Waals surface area (Å²) in [5.74, 6) is -1.78. The van der Waals surface area contributed by atoms with E-state index >= 15 is 0 Å². The number of hydrogen-bond acceptors (Lipinski definition) is 14. The van der Waals surface area contributed by atoms with Crippen LogP contribution in [0.1, 0.15) is 96.3 Å². The smallest absolute Gasteiger partial charge is 0.414 e. The van der Waals surface area contributed by atoms with Crippen molar-refractivity contribution >= 4 is 75.3 Å². The number of sulfonamides is 1.